The molecule has 4 aromatic carbocycles. The number of carbonyl (C=O) groups excluding carboxylic acids is 1. The highest BCUT2D eigenvalue weighted by Gasteiger charge is 2.29. The highest BCUT2D eigenvalue weighted by Crippen LogP contribution is 2.34. The normalized spacial score (nSPS) is 12.6. The molecule has 0 bridgehead atoms. The van der Waals surface area contributed by atoms with Gasteiger partial charge in [0.05, 0.1) is 16.8 Å². The summed E-state index contributed by atoms with van der Waals surface area (Å²) in [4.78, 5) is 12.8. The third-order valence-corrected chi connectivity index (χ3v) is 7.82. The molecule has 5 rings (SSSR count). The highest BCUT2D eigenvalue weighted by molar-refractivity contribution is 7.92. The lowest BCUT2D eigenvalue weighted by Crippen LogP contribution is -2.39. The number of para-hydroxylation sites is 1. The van der Waals surface area contributed by atoms with Crippen LogP contribution in [0.5, 0.6) is 17.2 Å². The Morgan fingerprint density at radius 1 is 0.927 bits per heavy atom. The van der Waals surface area contributed by atoms with Gasteiger partial charge in [0, 0.05) is 11.6 Å². The first-order valence-electron chi connectivity index (χ1n) is 12.7. The summed E-state index contributed by atoms with van der Waals surface area (Å²) in [5.74, 6) is -0.00675. The van der Waals surface area contributed by atoms with Crippen molar-refractivity contribution < 1.29 is 31.8 Å². The van der Waals surface area contributed by atoms with Gasteiger partial charge in [0.2, 0.25) is 0 Å². The molecular weight excluding hydrogens is 549 g/mol. The number of benzene rings is 4. The van der Waals surface area contributed by atoms with Crippen molar-refractivity contribution in [3.8, 4) is 17.2 Å². The van der Waals surface area contributed by atoms with E-state index >= 15 is 0 Å². The monoisotopic (exact) mass is 575 g/mol. The number of nitrogens with one attached hydrogen (secondary N) is 1. The molecule has 41 heavy (non-hydrogen) atoms. The van der Waals surface area contributed by atoms with Crippen LogP contribution >= 0.6 is 0 Å². The maximum Gasteiger partial charge on any atom is 0.264 e. The summed E-state index contributed by atoms with van der Waals surface area (Å²) in [6, 6.07) is 25.8. The van der Waals surface area contributed by atoms with E-state index < -0.39 is 28.3 Å². The summed E-state index contributed by atoms with van der Waals surface area (Å²) in [5, 5.41) is 4.01. The molecule has 1 heterocycles. The Balaban J connectivity index is 1.32. The van der Waals surface area contributed by atoms with Crippen LogP contribution in [0.25, 0.3) is 0 Å². The van der Waals surface area contributed by atoms with Crippen molar-refractivity contribution in [1.82, 2.24) is 5.43 Å². The van der Waals surface area contributed by atoms with Crippen LogP contribution in [0.1, 0.15) is 11.1 Å². The largest absolute Gasteiger partial charge is 0.488 e. The molecule has 4 aromatic rings. The van der Waals surface area contributed by atoms with Crippen LogP contribution < -0.4 is 23.9 Å². The predicted molar refractivity (Wildman–Crippen MR) is 151 cm³/mol. The molecule has 0 aromatic heterocycles. The molecule has 0 radical (unpaired) electrons. The summed E-state index contributed by atoms with van der Waals surface area (Å²) in [7, 11) is -4.27. The van der Waals surface area contributed by atoms with Crippen molar-refractivity contribution in [1.29, 1.82) is 0 Å². The van der Waals surface area contributed by atoms with Gasteiger partial charge in [0.25, 0.3) is 15.9 Å². The number of nitrogens with zero attached hydrogens (tertiary/aromatic N) is 2. The number of halogens is 1. The number of amides is 1. The molecular formula is C30H26FN3O6S. The minimum atomic E-state index is -4.27. The van der Waals surface area contributed by atoms with Gasteiger partial charge in [-0.05, 0) is 54.1 Å². The molecule has 11 heteroatoms. The standard InChI is InChI=1S/C30H26FN3O6S/c31-24-10-12-25(13-11-24)34(41(36,37)26-14-15-28-29(18-26)39-17-16-38-28)20-30(35)33-32-19-23-8-4-5-9-27(23)40-21-22-6-2-1-3-7-22/h1-15,18-19H,16-17,20-21H2,(H,33,35)/b32-19-. The van der Waals surface area contributed by atoms with E-state index in [1.807, 2.05) is 36.4 Å². The van der Waals surface area contributed by atoms with E-state index in [1.54, 1.807) is 18.2 Å². The van der Waals surface area contributed by atoms with Gasteiger partial charge >= 0.3 is 0 Å². The minimum absolute atomic E-state index is 0.0973. The van der Waals surface area contributed by atoms with Crippen LogP contribution in [0.15, 0.2) is 107 Å². The molecule has 0 spiro atoms. The summed E-state index contributed by atoms with van der Waals surface area (Å²) in [5.41, 5.74) is 4.07. The summed E-state index contributed by atoms with van der Waals surface area (Å²) < 4.78 is 58.7. The van der Waals surface area contributed by atoms with E-state index in [9.17, 15) is 17.6 Å². The van der Waals surface area contributed by atoms with Crippen LogP contribution in [-0.2, 0) is 21.4 Å². The van der Waals surface area contributed by atoms with E-state index in [0.29, 0.717) is 30.3 Å². The number of ether oxygens (including phenoxy) is 3. The first-order valence-corrected chi connectivity index (χ1v) is 14.1. The molecule has 0 saturated heterocycles. The van der Waals surface area contributed by atoms with E-state index in [2.05, 4.69) is 10.5 Å². The molecule has 0 unspecified atom stereocenters. The molecule has 0 aliphatic carbocycles. The maximum absolute atomic E-state index is 13.7. The summed E-state index contributed by atoms with van der Waals surface area (Å²) >= 11 is 0. The molecule has 1 aliphatic rings. The second kappa shape index (κ2) is 12.5. The van der Waals surface area contributed by atoms with Crippen molar-refractivity contribution in [2.45, 2.75) is 11.5 Å². The van der Waals surface area contributed by atoms with Crippen molar-refractivity contribution in [3.63, 3.8) is 0 Å². The second-order valence-electron chi connectivity index (χ2n) is 8.90. The number of fused-ring (bicyclic) bond motifs is 1. The first kappa shape index (κ1) is 27.7. The smallest absolute Gasteiger partial charge is 0.264 e. The topological polar surface area (TPSA) is 107 Å². The Hall–Kier alpha value is -4.90. The average Bonchev–Trinajstić information content (AvgIpc) is 3.00. The van der Waals surface area contributed by atoms with Crippen LogP contribution in [-0.4, -0.2) is 40.3 Å². The van der Waals surface area contributed by atoms with E-state index in [0.717, 1.165) is 22.0 Å². The SMILES string of the molecule is O=C(CN(c1ccc(F)cc1)S(=O)(=O)c1ccc2c(c1)OCCO2)N/N=C\c1ccccc1OCc1ccccc1. The van der Waals surface area contributed by atoms with E-state index in [4.69, 9.17) is 14.2 Å². The lowest BCUT2D eigenvalue weighted by Gasteiger charge is -2.25. The average molecular weight is 576 g/mol. The van der Waals surface area contributed by atoms with Crippen LogP contribution in [0.2, 0.25) is 0 Å². The zero-order chi connectivity index (χ0) is 28.7. The molecule has 1 aliphatic heterocycles. The van der Waals surface area contributed by atoms with E-state index in [1.165, 1.54) is 36.5 Å². The predicted octanol–water partition coefficient (Wildman–Crippen LogP) is 4.52. The van der Waals surface area contributed by atoms with Crippen LogP contribution in [0.4, 0.5) is 10.1 Å². The third-order valence-electron chi connectivity index (χ3n) is 6.05. The molecule has 0 atom stereocenters. The number of rotatable bonds is 10. The highest BCUT2D eigenvalue weighted by atomic mass is 32.2. The van der Waals surface area contributed by atoms with Gasteiger partial charge in [0.1, 0.15) is 37.9 Å². The van der Waals surface area contributed by atoms with Crippen LogP contribution in [0.3, 0.4) is 0 Å². The van der Waals surface area contributed by atoms with Gasteiger partial charge in [-0.1, -0.05) is 42.5 Å². The minimum Gasteiger partial charge on any atom is -0.488 e. The lowest BCUT2D eigenvalue weighted by molar-refractivity contribution is -0.119. The Bertz CT molecular complexity index is 1650. The van der Waals surface area contributed by atoms with Crippen LogP contribution in [0, 0.1) is 5.82 Å². The molecule has 0 saturated carbocycles. The second-order valence-corrected chi connectivity index (χ2v) is 10.8. The molecule has 9 nitrogen and oxygen atoms in total. The maximum atomic E-state index is 13.7. The summed E-state index contributed by atoms with van der Waals surface area (Å²) in [6.45, 7) is 0.360. The Morgan fingerprint density at radius 3 is 2.41 bits per heavy atom. The van der Waals surface area contributed by atoms with Crippen molar-refractivity contribution in [2.75, 3.05) is 24.1 Å². The number of anilines is 1. The van der Waals surface area contributed by atoms with Gasteiger partial charge < -0.3 is 14.2 Å². The Labute approximate surface area is 236 Å². The zero-order valence-electron chi connectivity index (χ0n) is 21.8. The van der Waals surface area contributed by atoms with Gasteiger partial charge in [-0.25, -0.2) is 18.2 Å². The van der Waals surface area contributed by atoms with E-state index in [-0.39, 0.29) is 22.9 Å². The number of sulfonamides is 1. The first-order chi connectivity index (χ1) is 19.9. The molecule has 1 amide bonds. The van der Waals surface area contributed by atoms with Crippen molar-refractivity contribution in [3.05, 3.63) is 114 Å². The van der Waals surface area contributed by atoms with Gasteiger partial charge in [0.15, 0.2) is 11.5 Å². The number of carbonyl (C=O) groups is 1. The zero-order valence-corrected chi connectivity index (χ0v) is 22.6. The van der Waals surface area contributed by atoms with Gasteiger partial charge in [-0.15, -0.1) is 0 Å². The van der Waals surface area contributed by atoms with Crippen molar-refractivity contribution >= 4 is 27.8 Å². The fourth-order valence-corrected chi connectivity index (χ4v) is 5.46. The third kappa shape index (κ3) is 6.82. The number of hydrogen-bond acceptors (Lipinski definition) is 7. The number of hydrogen-bond donors (Lipinski definition) is 1. The fraction of sp³-hybridized carbons (Fsp3) is 0.133. The lowest BCUT2D eigenvalue weighted by atomic mass is 10.2. The number of hydrazone groups is 1. The molecule has 1 N–H and O–H groups in total. The van der Waals surface area contributed by atoms with Gasteiger partial charge in [-0.2, -0.15) is 5.10 Å². The van der Waals surface area contributed by atoms with Gasteiger partial charge in [-0.3, -0.25) is 9.10 Å². The molecule has 210 valence electrons. The van der Waals surface area contributed by atoms with Crippen molar-refractivity contribution in [2.24, 2.45) is 5.10 Å². The Morgan fingerprint density at radius 2 is 1.63 bits per heavy atom. The fourth-order valence-electron chi connectivity index (χ4n) is 4.03. The molecule has 0 fully saturated rings. The summed E-state index contributed by atoms with van der Waals surface area (Å²) in [6.07, 6.45) is 1.41. The Kier molecular flexibility index (Phi) is 8.44. The quantitative estimate of drug-likeness (QED) is 0.220.